The molecule has 74 valence electrons. The molecule has 1 atom stereocenters. The molecule has 0 aliphatic rings. The number of aromatic nitrogens is 2. The number of terminal acetylenes is 1. The van der Waals surface area contributed by atoms with Crippen LogP contribution in [-0.2, 0) is 0 Å². The van der Waals surface area contributed by atoms with Gasteiger partial charge >= 0.3 is 0 Å². The smallest absolute Gasteiger partial charge is 0.0975 e. The molecule has 3 heteroatoms. The Morgan fingerprint density at radius 2 is 2.29 bits per heavy atom. The molecule has 14 heavy (non-hydrogen) atoms. The van der Waals surface area contributed by atoms with Gasteiger partial charge in [0.25, 0.3) is 0 Å². The number of rotatable bonds is 4. The molecule has 1 rings (SSSR count). The maximum atomic E-state index is 9.67. The van der Waals surface area contributed by atoms with Crippen molar-refractivity contribution in [2.24, 2.45) is 0 Å². The first kappa shape index (κ1) is 10.7. The minimum atomic E-state index is -0.545. The molecule has 3 nitrogen and oxygen atoms in total. The van der Waals surface area contributed by atoms with E-state index in [0.717, 1.165) is 12.1 Å². The summed E-state index contributed by atoms with van der Waals surface area (Å²) in [6, 6.07) is 0. The molecule has 0 amide bonds. The largest absolute Gasteiger partial charge is 0.387 e. The summed E-state index contributed by atoms with van der Waals surface area (Å²) in [7, 11) is 0. The quantitative estimate of drug-likeness (QED) is 0.579. The number of aliphatic hydroxyl groups is 1. The van der Waals surface area contributed by atoms with E-state index in [2.05, 4.69) is 15.9 Å². The third-order valence-corrected chi connectivity index (χ3v) is 1.94. The molecular formula is C11H14N2O. The molecule has 1 N–H and O–H groups in total. The van der Waals surface area contributed by atoms with Crippen LogP contribution in [0, 0.1) is 19.3 Å². The van der Waals surface area contributed by atoms with E-state index in [1.54, 1.807) is 12.4 Å². The molecular weight excluding hydrogens is 176 g/mol. The van der Waals surface area contributed by atoms with Crippen LogP contribution >= 0.6 is 0 Å². The Hall–Kier alpha value is -1.40. The molecule has 0 aliphatic carbocycles. The zero-order valence-corrected chi connectivity index (χ0v) is 8.27. The highest BCUT2D eigenvalue weighted by Crippen LogP contribution is 2.15. The Morgan fingerprint density at radius 3 is 2.86 bits per heavy atom. The predicted molar refractivity (Wildman–Crippen MR) is 54.4 cm³/mol. The molecule has 0 spiro atoms. The summed E-state index contributed by atoms with van der Waals surface area (Å²) in [5, 5.41) is 9.67. The standard InChI is InChI=1S/C11H14N2O/c1-3-4-5-6-11(14)10-8-12-9(2)7-13-10/h1,7-8,11,14H,4-6H2,2H3. The number of hydrogen-bond donors (Lipinski definition) is 1. The van der Waals surface area contributed by atoms with E-state index in [-0.39, 0.29) is 0 Å². The number of nitrogens with zero attached hydrogens (tertiary/aromatic N) is 2. The van der Waals surface area contributed by atoms with Gasteiger partial charge in [0.1, 0.15) is 0 Å². The lowest BCUT2D eigenvalue weighted by Gasteiger charge is -2.08. The zero-order chi connectivity index (χ0) is 10.4. The van der Waals surface area contributed by atoms with Crippen LogP contribution in [0.3, 0.4) is 0 Å². The molecule has 0 bridgehead atoms. The highest BCUT2D eigenvalue weighted by Gasteiger charge is 2.08. The van der Waals surface area contributed by atoms with Crippen LogP contribution in [0.1, 0.15) is 36.8 Å². The van der Waals surface area contributed by atoms with Gasteiger partial charge in [-0.25, -0.2) is 0 Å². The van der Waals surface area contributed by atoms with Gasteiger partial charge in [0.2, 0.25) is 0 Å². The summed E-state index contributed by atoms with van der Waals surface area (Å²) < 4.78 is 0. The molecule has 1 aromatic rings. The molecule has 0 saturated heterocycles. The third-order valence-electron chi connectivity index (χ3n) is 1.94. The lowest BCUT2D eigenvalue weighted by molar-refractivity contribution is 0.160. The zero-order valence-electron chi connectivity index (χ0n) is 8.27. The maximum absolute atomic E-state index is 9.67. The molecule has 0 aliphatic heterocycles. The van der Waals surface area contributed by atoms with Gasteiger partial charge in [0, 0.05) is 12.6 Å². The summed E-state index contributed by atoms with van der Waals surface area (Å²) in [4.78, 5) is 8.16. The van der Waals surface area contributed by atoms with Gasteiger partial charge in [-0.15, -0.1) is 12.3 Å². The highest BCUT2D eigenvalue weighted by molar-refractivity contribution is 5.03. The first-order valence-corrected chi connectivity index (χ1v) is 4.64. The van der Waals surface area contributed by atoms with Crippen molar-refractivity contribution in [3.05, 3.63) is 23.8 Å². The van der Waals surface area contributed by atoms with Crippen molar-refractivity contribution in [2.75, 3.05) is 0 Å². The van der Waals surface area contributed by atoms with Crippen LogP contribution in [0.25, 0.3) is 0 Å². The number of hydrogen-bond acceptors (Lipinski definition) is 3. The van der Waals surface area contributed by atoms with Crippen LogP contribution in [0.5, 0.6) is 0 Å². The highest BCUT2D eigenvalue weighted by atomic mass is 16.3. The lowest BCUT2D eigenvalue weighted by atomic mass is 10.1. The summed E-state index contributed by atoms with van der Waals surface area (Å²) in [5.74, 6) is 2.54. The van der Waals surface area contributed by atoms with Crippen molar-refractivity contribution in [3.8, 4) is 12.3 Å². The van der Waals surface area contributed by atoms with E-state index in [0.29, 0.717) is 18.5 Å². The van der Waals surface area contributed by atoms with E-state index in [9.17, 15) is 5.11 Å². The molecule has 0 radical (unpaired) electrons. The van der Waals surface area contributed by atoms with Crippen molar-refractivity contribution < 1.29 is 5.11 Å². The monoisotopic (exact) mass is 190 g/mol. The Morgan fingerprint density at radius 1 is 1.50 bits per heavy atom. The van der Waals surface area contributed by atoms with E-state index in [4.69, 9.17) is 6.42 Å². The van der Waals surface area contributed by atoms with Crippen molar-refractivity contribution in [1.29, 1.82) is 0 Å². The van der Waals surface area contributed by atoms with E-state index >= 15 is 0 Å². The second-order valence-electron chi connectivity index (χ2n) is 3.19. The average Bonchev–Trinajstić information content (AvgIpc) is 2.19. The van der Waals surface area contributed by atoms with E-state index in [1.807, 2.05) is 6.92 Å². The second kappa shape index (κ2) is 5.36. The van der Waals surface area contributed by atoms with Crippen molar-refractivity contribution in [2.45, 2.75) is 32.3 Å². The Balaban J connectivity index is 2.48. The number of aryl methyl sites for hydroxylation is 1. The van der Waals surface area contributed by atoms with E-state index in [1.165, 1.54) is 0 Å². The van der Waals surface area contributed by atoms with Gasteiger partial charge in [-0.3, -0.25) is 9.97 Å². The third kappa shape index (κ3) is 3.15. The van der Waals surface area contributed by atoms with Gasteiger partial charge < -0.3 is 5.11 Å². The Kier molecular flexibility index (Phi) is 4.09. The Labute approximate surface area is 84.2 Å². The van der Waals surface area contributed by atoms with Crippen molar-refractivity contribution in [3.63, 3.8) is 0 Å². The van der Waals surface area contributed by atoms with Crippen molar-refractivity contribution in [1.82, 2.24) is 9.97 Å². The fourth-order valence-corrected chi connectivity index (χ4v) is 1.12. The first-order valence-electron chi connectivity index (χ1n) is 4.64. The van der Waals surface area contributed by atoms with Gasteiger partial charge in [-0.05, 0) is 19.8 Å². The first-order chi connectivity index (χ1) is 6.74. The van der Waals surface area contributed by atoms with Gasteiger partial charge in [-0.2, -0.15) is 0 Å². The minimum absolute atomic E-state index is 0.545. The molecule has 0 saturated carbocycles. The van der Waals surface area contributed by atoms with E-state index < -0.39 is 6.10 Å². The van der Waals surface area contributed by atoms with Crippen LogP contribution in [0.2, 0.25) is 0 Å². The molecule has 1 unspecified atom stereocenters. The Bertz CT molecular complexity index is 313. The molecule has 1 heterocycles. The molecule has 0 aromatic carbocycles. The fraction of sp³-hybridized carbons (Fsp3) is 0.455. The lowest BCUT2D eigenvalue weighted by Crippen LogP contribution is -2.01. The van der Waals surface area contributed by atoms with Crippen LogP contribution in [0.4, 0.5) is 0 Å². The summed E-state index contributed by atoms with van der Waals surface area (Å²) in [6.07, 6.45) is 9.97. The minimum Gasteiger partial charge on any atom is -0.387 e. The fourth-order valence-electron chi connectivity index (χ4n) is 1.12. The summed E-state index contributed by atoms with van der Waals surface area (Å²) in [6.45, 7) is 1.86. The van der Waals surface area contributed by atoms with Gasteiger partial charge in [0.15, 0.2) is 0 Å². The number of unbranched alkanes of at least 4 members (excludes halogenated alkanes) is 1. The van der Waals surface area contributed by atoms with Crippen LogP contribution < -0.4 is 0 Å². The SMILES string of the molecule is C#CCCCC(O)c1cnc(C)cn1. The van der Waals surface area contributed by atoms with Crippen LogP contribution in [0.15, 0.2) is 12.4 Å². The van der Waals surface area contributed by atoms with Crippen molar-refractivity contribution >= 4 is 0 Å². The molecule has 0 fully saturated rings. The number of aliphatic hydroxyl groups excluding tert-OH is 1. The van der Waals surface area contributed by atoms with Gasteiger partial charge in [-0.1, -0.05) is 0 Å². The second-order valence-corrected chi connectivity index (χ2v) is 3.19. The summed E-state index contributed by atoms with van der Waals surface area (Å²) >= 11 is 0. The average molecular weight is 190 g/mol. The van der Waals surface area contributed by atoms with Crippen LogP contribution in [-0.4, -0.2) is 15.1 Å². The maximum Gasteiger partial charge on any atom is 0.0975 e. The summed E-state index contributed by atoms with van der Waals surface area (Å²) in [5.41, 5.74) is 1.47. The van der Waals surface area contributed by atoms with Gasteiger partial charge in [0.05, 0.1) is 23.7 Å². The molecule has 1 aromatic heterocycles. The topological polar surface area (TPSA) is 46.0 Å². The normalized spacial score (nSPS) is 12.1. The predicted octanol–water partition coefficient (Wildman–Crippen LogP) is 1.62.